The molecule has 7 unspecified atom stereocenters. The Hall–Kier alpha value is -0.260. The second-order valence-corrected chi connectivity index (χ2v) is 9.38. The molecule has 0 aromatic rings. The predicted octanol–water partition coefficient (Wildman–Crippen LogP) is 5.75. The molecule has 3 aliphatic carbocycles. The summed E-state index contributed by atoms with van der Waals surface area (Å²) in [5.41, 5.74) is 0. The van der Waals surface area contributed by atoms with Gasteiger partial charge in [0.2, 0.25) is 0 Å². The van der Waals surface area contributed by atoms with Crippen molar-refractivity contribution in [1.29, 1.82) is 5.26 Å². The topological polar surface area (TPSA) is 27.0 Å². The minimum Gasteiger partial charge on any atom is -0.294 e. The van der Waals surface area contributed by atoms with Gasteiger partial charge < -0.3 is 0 Å². The number of halogens is 1. The van der Waals surface area contributed by atoms with Gasteiger partial charge in [-0.15, -0.1) is 11.6 Å². The van der Waals surface area contributed by atoms with Crippen LogP contribution in [-0.2, 0) is 0 Å². The van der Waals surface area contributed by atoms with Crippen LogP contribution in [0.4, 0.5) is 0 Å². The normalized spacial score (nSPS) is 44.2. The van der Waals surface area contributed by atoms with Crippen LogP contribution in [0.25, 0.3) is 0 Å². The third kappa shape index (κ3) is 3.94. The van der Waals surface area contributed by atoms with Gasteiger partial charge in [-0.3, -0.25) is 4.90 Å². The predicted molar refractivity (Wildman–Crippen MR) is 101 cm³/mol. The van der Waals surface area contributed by atoms with Gasteiger partial charge in [-0.1, -0.05) is 39.5 Å². The standard InChI is InChI=1S/C21H35ClN2/c1-15-7-3-5-9-20(15)24(21-10-6-4-8-16(21)2)18-12-11-17(14-23)19(22)13-18/h15-21H,3-13H2,1-2H3. The number of hydrogen-bond donors (Lipinski definition) is 0. The van der Waals surface area contributed by atoms with Crippen molar-refractivity contribution >= 4 is 11.6 Å². The van der Waals surface area contributed by atoms with Gasteiger partial charge in [0.05, 0.1) is 17.4 Å². The Balaban J connectivity index is 1.80. The average Bonchev–Trinajstić information content (AvgIpc) is 2.58. The zero-order chi connectivity index (χ0) is 17.1. The maximum atomic E-state index is 9.32. The first-order valence-electron chi connectivity index (χ1n) is 10.4. The summed E-state index contributed by atoms with van der Waals surface area (Å²) in [6, 6.07) is 4.54. The van der Waals surface area contributed by atoms with Gasteiger partial charge in [-0.25, -0.2) is 0 Å². The molecule has 136 valence electrons. The summed E-state index contributed by atoms with van der Waals surface area (Å²) in [6.07, 6.45) is 14.3. The van der Waals surface area contributed by atoms with Crippen molar-refractivity contribution in [3.8, 4) is 6.07 Å². The third-order valence-electron chi connectivity index (χ3n) is 7.23. The summed E-state index contributed by atoms with van der Waals surface area (Å²) in [5, 5.41) is 9.37. The fourth-order valence-electron chi connectivity index (χ4n) is 5.78. The van der Waals surface area contributed by atoms with Gasteiger partial charge >= 0.3 is 0 Å². The van der Waals surface area contributed by atoms with Crippen LogP contribution in [-0.4, -0.2) is 28.4 Å². The molecule has 0 bridgehead atoms. The Kier molecular flexibility index (Phi) is 6.50. The molecule has 24 heavy (non-hydrogen) atoms. The first kappa shape index (κ1) is 18.5. The fourth-order valence-corrected chi connectivity index (χ4v) is 6.17. The highest BCUT2D eigenvalue weighted by Crippen LogP contribution is 2.41. The molecule has 0 spiro atoms. The molecular weight excluding hydrogens is 316 g/mol. The van der Waals surface area contributed by atoms with Crippen LogP contribution >= 0.6 is 11.6 Å². The molecular formula is C21H35ClN2. The van der Waals surface area contributed by atoms with Crippen molar-refractivity contribution < 1.29 is 0 Å². The minimum atomic E-state index is 0.0500. The van der Waals surface area contributed by atoms with Crippen LogP contribution in [0.3, 0.4) is 0 Å². The lowest BCUT2D eigenvalue weighted by Crippen LogP contribution is -2.57. The Morgan fingerprint density at radius 2 is 1.38 bits per heavy atom. The Bertz CT molecular complexity index is 424. The smallest absolute Gasteiger partial charge is 0.0671 e. The quantitative estimate of drug-likeness (QED) is 0.606. The van der Waals surface area contributed by atoms with Crippen molar-refractivity contribution in [1.82, 2.24) is 4.90 Å². The van der Waals surface area contributed by atoms with Crippen molar-refractivity contribution in [2.75, 3.05) is 0 Å². The molecule has 3 saturated carbocycles. The van der Waals surface area contributed by atoms with Gasteiger partial charge in [-0.2, -0.15) is 5.26 Å². The lowest BCUT2D eigenvalue weighted by Gasteiger charge is -2.52. The molecule has 0 aromatic carbocycles. The van der Waals surface area contributed by atoms with E-state index in [-0.39, 0.29) is 11.3 Å². The minimum absolute atomic E-state index is 0.0500. The van der Waals surface area contributed by atoms with Crippen LogP contribution in [0.5, 0.6) is 0 Å². The van der Waals surface area contributed by atoms with Crippen molar-refractivity contribution in [2.24, 2.45) is 17.8 Å². The summed E-state index contributed by atoms with van der Waals surface area (Å²) >= 11 is 6.62. The Morgan fingerprint density at radius 3 is 1.83 bits per heavy atom. The number of alkyl halides is 1. The highest BCUT2D eigenvalue weighted by atomic mass is 35.5. The van der Waals surface area contributed by atoms with E-state index in [9.17, 15) is 5.26 Å². The lowest BCUT2D eigenvalue weighted by atomic mass is 9.76. The molecule has 0 aromatic heterocycles. The highest BCUT2D eigenvalue weighted by Gasteiger charge is 2.42. The van der Waals surface area contributed by atoms with E-state index in [1.165, 1.54) is 57.8 Å². The van der Waals surface area contributed by atoms with Gasteiger partial charge in [0.1, 0.15) is 0 Å². The molecule has 0 radical (unpaired) electrons. The summed E-state index contributed by atoms with van der Waals surface area (Å²) in [4.78, 5) is 2.95. The monoisotopic (exact) mass is 350 g/mol. The number of nitriles is 1. The van der Waals surface area contributed by atoms with E-state index in [2.05, 4.69) is 24.8 Å². The van der Waals surface area contributed by atoms with E-state index in [4.69, 9.17) is 11.6 Å². The third-order valence-corrected chi connectivity index (χ3v) is 7.71. The number of nitrogens with zero attached hydrogens (tertiary/aromatic N) is 2. The van der Waals surface area contributed by atoms with Crippen LogP contribution in [0.2, 0.25) is 0 Å². The molecule has 3 heteroatoms. The summed E-state index contributed by atoms with van der Waals surface area (Å²) in [7, 11) is 0. The van der Waals surface area contributed by atoms with E-state index < -0.39 is 0 Å². The zero-order valence-corrected chi connectivity index (χ0v) is 16.3. The first-order valence-corrected chi connectivity index (χ1v) is 10.9. The maximum absolute atomic E-state index is 9.32. The second kappa shape index (κ2) is 8.41. The van der Waals surface area contributed by atoms with Crippen molar-refractivity contribution in [3.05, 3.63) is 0 Å². The van der Waals surface area contributed by atoms with Crippen LogP contribution in [0.1, 0.15) is 84.5 Å². The van der Waals surface area contributed by atoms with Crippen LogP contribution in [0.15, 0.2) is 0 Å². The molecule has 0 amide bonds. The molecule has 0 saturated heterocycles. The average molecular weight is 351 g/mol. The maximum Gasteiger partial charge on any atom is 0.0671 e. The van der Waals surface area contributed by atoms with E-state index >= 15 is 0 Å². The van der Waals surface area contributed by atoms with E-state index in [0.29, 0.717) is 6.04 Å². The summed E-state index contributed by atoms with van der Waals surface area (Å²) < 4.78 is 0. The summed E-state index contributed by atoms with van der Waals surface area (Å²) in [5.74, 6) is 1.70. The van der Waals surface area contributed by atoms with Gasteiger partial charge in [-0.05, 0) is 56.8 Å². The van der Waals surface area contributed by atoms with E-state index in [1.54, 1.807) is 0 Å². The molecule has 0 aliphatic heterocycles. The Morgan fingerprint density at radius 1 is 0.833 bits per heavy atom. The Labute approximate surface area is 153 Å². The molecule has 2 nitrogen and oxygen atoms in total. The number of hydrogen-bond acceptors (Lipinski definition) is 2. The molecule has 0 N–H and O–H groups in total. The van der Waals surface area contributed by atoms with Crippen molar-refractivity contribution in [2.45, 2.75) is 108 Å². The molecule has 3 fully saturated rings. The van der Waals surface area contributed by atoms with Crippen molar-refractivity contribution in [3.63, 3.8) is 0 Å². The fraction of sp³-hybridized carbons (Fsp3) is 0.952. The van der Waals surface area contributed by atoms with Gasteiger partial charge in [0.25, 0.3) is 0 Å². The molecule has 3 rings (SSSR count). The lowest BCUT2D eigenvalue weighted by molar-refractivity contribution is -0.0208. The van der Waals surface area contributed by atoms with Crippen LogP contribution in [0, 0.1) is 29.1 Å². The van der Waals surface area contributed by atoms with Crippen LogP contribution < -0.4 is 0 Å². The highest BCUT2D eigenvalue weighted by molar-refractivity contribution is 6.21. The molecule has 3 aliphatic rings. The molecule has 0 heterocycles. The zero-order valence-electron chi connectivity index (χ0n) is 15.6. The molecule has 7 atom stereocenters. The largest absolute Gasteiger partial charge is 0.294 e. The van der Waals surface area contributed by atoms with Gasteiger partial charge in [0.15, 0.2) is 0 Å². The summed E-state index contributed by atoms with van der Waals surface area (Å²) in [6.45, 7) is 4.95. The van der Waals surface area contributed by atoms with E-state index in [1.807, 2.05) is 0 Å². The second-order valence-electron chi connectivity index (χ2n) is 8.82. The SMILES string of the molecule is CC1CCCCC1N(C1CCC(C#N)C(Cl)C1)C1CCCCC1C. The van der Waals surface area contributed by atoms with Gasteiger partial charge in [0, 0.05) is 18.1 Å². The van der Waals surface area contributed by atoms with E-state index in [0.717, 1.165) is 36.8 Å². The first-order chi connectivity index (χ1) is 11.6. The number of rotatable bonds is 3.